The van der Waals surface area contributed by atoms with Gasteiger partial charge in [-0.1, -0.05) is 18.6 Å². The Bertz CT molecular complexity index is 456. The summed E-state index contributed by atoms with van der Waals surface area (Å²) in [6, 6.07) is 5.91. The van der Waals surface area contributed by atoms with Gasteiger partial charge >= 0.3 is 0 Å². The van der Waals surface area contributed by atoms with Gasteiger partial charge in [-0.2, -0.15) is 0 Å². The molecular weight excluding hydrogens is 234 g/mol. The SMILES string of the molecule is O=C(Nc1ccccc1[N+](=O)[O-])C1CCCCN1. The van der Waals surface area contributed by atoms with Crippen molar-refractivity contribution in [2.24, 2.45) is 0 Å². The highest BCUT2D eigenvalue weighted by Gasteiger charge is 2.22. The first-order valence-electron chi connectivity index (χ1n) is 5.96. The molecule has 2 rings (SSSR count). The summed E-state index contributed by atoms with van der Waals surface area (Å²) in [5.41, 5.74) is 0.168. The van der Waals surface area contributed by atoms with Crippen molar-refractivity contribution in [3.63, 3.8) is 0 Å². The zero-order valence-corrected chi connectivity index (χ0v) is 9.89. The lowest BCUT2D eigenvalue weighted by Crippen LogP contribution is -2.43. The Labute approximate surface area is 105 Å². The molecule has 0 aromatic heterocycles. The van der Waals surface area contributed by atoms with Crippen molar-refractivity contribution in [1.29, 1.82) is 0 Å². The molecular formula is C12H15N3O3. The molecule has 1 aliphatic heterocycles. The van der Waals surface area contributed by atoms with E-state index in [1.807, 2.05) is 0 Å². The first-order valence-corrected chi connectivity index (χ1v) is 5.96. The highest BCUT2D eigenvalue weighted by Crippen LogP contribution is 2.23. The quantitative estimate of drug-likeness (QED) is 0.630. The molecule has 1 heterocycles. The Morgan fingerprint density at radius 2 is 2.17 bits per heavy atom. The number of amides is 1. The van der Waals surface area contributed by atoms with Crippen LogP contribution in [0.1, 0.15) is 19.3 Å². The fourth-order valence-corrected chi connectivity index (χ4v) is 2.03. The van der Waals surface area contributed by atoms with Crippen LogP contribution in [-0.2, 0) is 4.79 Å². The lowest BCUT2D eigenvalue weighted by Gasteiger charge is -2.22. The number of carbonyl (C=O) groups is 1. The fourth-order valence-electron chi connectivity index (χ4n) is 2.03. The molecule has 6 heteroatoms. The van der Waals surface area contributed by atoms with Gasteiger partial charge in [-0.15, -0.1) is 0 Å². The second kappa shape index (κ2) is 5.59. The van der Waals surface area contributed by atoms with Crippen molar-refractivity contribution < 1.29 is 9.72 Å². The molecule has 18 heavy (non-hydrogen) atoms. The van der Waals surface area contributed by atoms with Crippen molar-refractivity contribution >= 4 is 17.3 Å². The molecule has 1 aromatic carbocycles. The number of hydrogen-bond donors (Lipinski definition) is 2. The second-order valence-corrected chi connectivity index (χ2v) is 4.27. The third-order valence-electron chi connectivity index (χ3n) is 2.99. The Morgan fingerprint density at radius 1 is 1.39 bits per heavy atom. The van der Waals surface area contributed by atoms with Gasteiger partial charge in [0.2, 0.25) is 5.91 Å². The van der Waals surface area contributed by atoms with Crippen LogP contribution in [0.5, 0.6) is 0 Å². The molecule has 1 unspecified atom stereocenters. The van der Waals surface area contributed by atoms with E-state index in [4.69, 9.17) is 0 Å². The van der Waals surface area contributed by atoms with E-state index in [2.05, 4.69) is 10.6 Å². The Balaban J connectivity index is 2.08. The minimum atomic E-state index is -0.496. The molecule has 6 nitrogen and oxygen atoms in total. The molecule has 1 aromatic rings. The zero-order valence-electron chi connectivity index (χ0n) is 9.89. The summed E-state index contributed by atoms with van der Waals surface area (Å²) in [6.07, 6.45) is 2.84. The van der Waals surface area contributed by atoms with Crippen molar-refractivity contribution in [3.05, 3.63) is 34.4 Å². The van der Waals surface area contributed by atoms with Crippen LogP contribution in [0.4, 0.5) is 11.4 Å². The summed E-state index contributed by atoms with van der Waals surface area (Å²) >= 11 is 0. The molecule has 1 fully saturated rings. The lowest BCUT2D eigenvalue weighted by atomic mass is 10.0. The minimum Gasteiger partial charge on any atom is -0.319 e. The number of nitro benzene ring substituents is 1. The van der Waals surface area contributed by atoms with Crippen LogP contribution in [0, 0.1) is 10.1 Å². The van der Waals surface area contributed by atoms with Gasteiger partial charge in [-0.3, -0.25) is 14.9 Å². The van der Waals surface area contributed by atoms with Crippen LogP contribution in [0.3, 0.4) is 0 Å². The first-order chi connectivity index (χ1) is 8.68. The maximum Gasteiger partial charge on any atom is 0.292 e. The number of nitro groups is 1. The predicted octanol–water partition coefficient (Wildman–Crippen LogP) is 1.68. The van der Waals surface area contributed by atoms with E-state index in [1.165, 1.54) is 6.07 Å². The summed E-state index contributed by atoms with van der Waals surface area (Å²) in [5.74, 6) is -0.205. The maximum absolute atomic E-state index is 11.9. The molecule has 96 valence electrons. The van der Waals surface area contributed by atoms with Gasteiger partial charge in [0.15, 0.2) is 0 Å². The number of anilines is 1. The molecule has 0 aliphatic carbocycles. The van der Waals surface area contributed by atoms with E-state index < -0.39 is 4.92 Å². The van der Waals surface area contributed by atoms with Crippen LogP contribution in [0.2, 0.25) is 0 Å². The molecule has 1 saturated heterocycles. The van der Waals surface area contributed by atoms with E-state index in [0.717, 1.165) is 25.8 Å². The number of benzene rings is 1. The van der Waals surface area contributed by atoms with Gasteiger partial charge in [-0.25, -0.2) is 0 Å². The molecule has 0 spiro atoms. The number of carbonyl (C=O) groups excluding carboxylic acids is 1. The van der Waals surface area contributed by atoms with Crippen LogP contribution < -0.4 is 10.6 Å². The molecule has 1 amide bonds. The zero-order chi connectivity index (χ0) is 13.0. The lowest BCUT2D eigenvalue weighted by molar-refractivity contribution is -0.383. The fraction of sp³-hybridized carbons (Fsp3) is 0.417. The van der Waals surface area contributed by atoms with E-state index in [0.29, 0.717) is 0 Å². The predicted molar refractivity (Wildman–Crippen MR) is 67.4 cm³/mol. The number of nitrogens with one attached hydrogen (secondary N) is 2. The van der Waals surface area contributed by atoms with Gasteiger partial charge in [0, 0.05) is 6.07 Å². The van der Waals surface area contributed by atoms with Gasteiger partial charge in [0.1, 0.15) is 5.69 Å². The van der Waals surface area contributed by atoms with Gasteiger partial charge < -0.3 is 10.6 Å². The highest BCUT2D eigenvalue weighted by atomic mass is 16.6. The number of piperidine rings is 1. The molecule has 0 saturated carbocycles. The molecule has 1 atom stereocenters. The van der Waals surface area contributed by atoms with Crippen molar-refractivity contribution in [3.8, 4) is 0 Å². The van der Waals surface area contributed by atoms with Crippen LogP contribution >= 0.6 is 0 Å². The Hall–Kier alpha value is -1.95. The summed E-state index contributed by atoms with van der Waals surface area (Å²) in [6.45, 7) is 0.814. The highest BCUT2D eigenvalue weighted by molar-refractivity contribution is 5.96. The third-order valence-corrected chi connectivity index (χ3v) is 2.99. The summed E-state index contributed by atoms with van der Waals surface area (Å²) in [5, 5.41) is 16.5. The standard InChI is InChI=1S/C12H15N3O3/c16-12(10-6-3-4-8-13-10)14-9-5-1-2-7-11(9)15(17)18/h1-2,5,7,10,13H,3-4,6,8H2,(H,14,16). The average molecular weight is 249 g/mol. The van der Waals surface area contributed by atoms with Gasteiger partial charge in [0.25, 0.3) is 5.69 Å². The van der Waals surface area contributed by atoms with Crippen molar-refractivity contribution in [2.75, 3.05) is 11.9 Å². The van der Waals surface area contributed by atoms with Crippen LogP contribution in [0.15, 0.2) is 24.3 Å². The van der Waals surface area contributed by atoms with Gasteiger partial charge in [-0.05, 0) is 25.5 Å². The third kappa shape index (κ3) is 2.84. The first kappa shape index (κ1) is 12.5. The Kier molecular flexibility index (Phi) is 3.88. The van der Waals surface area contributed by atoms with Crippen molar-refractivity contribution in [2.45, 2.75) is 25.3 Å². The van der Waals surface area contributed by atoms with Gasteiger partial charge in [0.05, 0.1) is 11.0 Å². The van der Waals surface area contributed by atoms with E-state index in [9.17, 15) is 14.9 Å². The molecule has 2 N–H and O–H groups in total. The average Bonchev–Trinajstić information content (AvgIpc) is 2.40. The van der Waals surface area contributed by atoms with Crippen LogP contribution in [-0.4, -0.2) is 23.4 Å². The van der Waals surface area contributed by atoms with Crippen LogP contribution in [0.25, 0.3) is 0 Å². The summed E-state index contributed by atoms with van der Waals surface area (Å²) in [7, 11) is 0. The summed E-state index contributed by atoms with van der Waals surface area (Å²) < 4.78 is 0. The summed E-state index contributed by atoms with van der Waals surface area (Å²) in [4.78, 5) is 22.3. The van der Waals surface area contributed by atoms with E-state index in [1.54, 1.807) is 18.2 Å². The number of nitrogens with zero attached hydrogens (tertiary/aromatic N) is 1. The molecule has 0 bridgehead atoms. The normalized spacial score (nSPS) is 19.2. The van der Waals surface area contributed by atoms with E-state index >= 15 is 0 Å². The minimum absolute atomic E-state index is 0.0818. The smallest absolute Gasteiger partial charge is 0.292 e. The number of para-hydroxylation sites is 2. The number of hydrogen-bond acceptors (Lipinski definition) is 4. The van der Waals surface area contributed by atoms with E-state index in [-0.39, 0.29) is 23.3 Å². The maximum atomic E-state index is 11.9. The van der Waals surface area contributed by atoms with Crippen molar-refractivity contribution in [1.82, 2.24) is 5.32 Å². The largest absolute Gasteiger partial charge is 0.319 e. The molecule has 0 radical (unpaired) electrons. The monoisotopic (exact) mass is 249 g/mol. The second-order valence-electron chi connectivity index (χ2n) is 4.27. The Morgan fingerprint density at radius 3 is 2.83 bits per heavy atom. The topological polar surface area (TPSA) is 84.3 Å². The molecule has 1 aliphatic rings. The number of rotatable bonds is 3.